The summed E-state index contributed by atoms with van der Waals surface area (Å²) in [6, 6.07) is 0. The maximum atomic E-state index is 10.2. The molecule has 1 aliphatic rings. The van der Waals surface area contributed by atoms with Gasteiger partial charge in [0.15, 0.2) is 16.6 Å². The molecule has 4 atom stereocenters. The molecule has 0 unspecified atom stereocenters. The molecule has 0 aromatic heterocycles. The zero-order valence-corrected chi connectivity index (χ0v) is 21.2. The molecule has 0 aromatic rings. The molecular formula is C19H42O6Si2. The predicted octanol–water partition coefficient (Wildman–Crippen LogP) is 4.10. The Morgan fingerprint density at radius 3 is 1.93 bits per heavy atom. The average molecular weight is 423 g/mol. The summed E-state index contributed by atoms with van der Waals surface area (Å²) in [5.74, 6) is 0. The van der Waals surface area contributed by atoms with Crippen LogP contribution in [0.4, 0.5) is 0 Å². The smallest absolute Gasteiger partial charge is 0.209 e. The van der Waals surface area contributed by atoms with E-state index in [4.69, 9.17) is 23.1 Å². The largest absolute Gasteiger partial charge is 0.414 e. The lowest BCUT2D eigenvalue weighted by atomic mass is 10.2. The van der Waals surface area contributed by atoms with Gasteiger partial charge in [-0.3, -0.25) is 0 Å². The SMILES string of the molecule is CO[C@H]1OC[C@H]([C@H](CO[Si](C)(C)C(C)(C)C)O[Si](C)(C)C(C)(C)C)O[C@H]1O. The highest BCUT2D eigenvalue weighted by Gasteiger charge is 2.45. The topological polar surface area (TPSA) is 66.4 Å². The third-order valence-electron chi connectivity index (χ3n) is 6.29. The first kappa shape index (κ1) is 25.2. The molecule has 0 aromatic carbocycles. The first-order valence-corrected chi connectivity index (χ1v) is 15.6. The van der Waals surface area contributed by atoms with Crippen LogP contribution in [-0.4, -0.2) is 66.9 Å². The zero-order chi connectivity index (χ0) is 21.3. The van der Waals surface area contributed by atoms with Gasteiger partial charge in [0, 0.05) is 7.11 Å². The van der Waals surface area contributed by atoms with Gasteiger partial charge in [-0.25, -0.2) is 0 Å². The van der Waals surface area contributed by atoms with E-state index in [-0.39, 0.29) is 16.2 Å². The van der Waals surface area contributed by atoms with Crippen molar-refractivity contribution in [1.82, 2.24) is 0 Å². The number of aliphatic hydroxyl groups excluding tert-OH is 1. The van der Waals surface area contributed by atoms with Crippen LogP contribution in [0.15, 0.2) is 0 Å². The van der Waals surface area contributed by atoms with E-state index < -0.39 is 35.3 Å². The number of hydrogen-bond donors (Lipinski definition) is 1. The van der Waals surface area contributed by atoms with E-state index >= 15 is 0 Å². The van der Waals surface area contributed by atoms with Crippen LogP contribution in [0, 0.1) is 0 Å². The van der Waals surface area contributed by atoms with Gasteiger partial charge in [-0.1, -0.05) is 41.5 Å². The lowest BCUT2D eigenvalue weighted by Gasteiger charge is -2.45. The number of methoxy groups -OCH3 is 1. The van der Waals surface area contributed by atoms with Crippen molar-refractivity contribution in [2.45, 2.75) is 103 Å². The fraction of sp³-hybridized carbons (Fsp3) is 1.00. The van der Waals surface area contributed by atoms with Crippen molar-refractivity contribution in [2.75, 3.05) is 20.3 Å². The summed E-state index contributed by atoms with van der Waals surface area (Å²) >= 11 is 0. The van der Waals surface area contributed by atoms with Crippen molar-refractivity contribution in [3.8, 4) is 0 Å². The van der Waals surface area contributed by atoms with Crippen LogP contribution in [0.2, 0.25) is 36.3 Å². The number of aliphatic hydroxyl groups is 1. The third kappa shape index (κ3) is 6.60. The average Bonchev–Trinajstić information content (AvgIpc) is 2.49. The van der Waals surface area contributed by atoms with Crippen molar-refractivity contribution < 1.29 is 28.2 Å². The van der Waals surface area contributed by atoms with Gasteiger partial charge in [0.1, 0.15) is 6.10 Å². The van der Waals surface area contributed by atoms with Crippen LogP contribution < -0.4 is 0 Å². The summed E-state index contributed by atoms with van der Waals surface area (Å²) in [6.07, 6.45) is -2.60. The highest BCUT2D eigenvalue weighted by Crippen LogP contribution is 2.40. The van der Waals surface area contributed by atoms with Gasteiger partial charge < -0.3 is 28.2 Å². The summed E-state index contributed by atoms with van der Waals surface area (Å²) in [5.41, 5.74) is 0. The van der Waals surface area contributed by atoms with E-state index in [2.05, 4.69) is 67.7 Å². The fourth-order valence-electron chi connectivity index (χ4n) is 2.21. The number of ether oxygens (including phenoxy) is 3. The Morgan fingerprint density at radius 1 is 1.00 bits per heavy atom. The van der Waals surface area contributed by atoms with Crippen molar-refractivity contribution in [1.29, 1.82) is 0 Å². The van der Waals surface area contributed by atoms with Crippen LogP contribution >= 0.6 is 0 Å². The summed E-state index contributed by atoms with van der Waals surface area (Å²) in [7, 11) is -2.50. The number of rotatable bonds is 7. The molecule has 6 nitrogen and oxygen atoms in total. The Morgan fingerprint density at radius 2 is 1.52 bits per heavy atom. The van der Waals surface area contributed by atoms with E-state index in [1.165, 1.54) is 7.11 Å². The molecule has 0 saturated carbocycles. The van der Waals surface area contributed by atoms with Crippen molar-refractivity contribution >= 4 is 16.6 Å². The second-order valence-electron chi connectivity index (χ2n) is 10.5. The lowest BCUT2D eigenvalue weighted by Crippen LogP contribution is -2.56. The van der Waals surface area contributed by atoms with Crippen LogP contribution in [-0.2, 0) is 23.1 Å². The molecule has 0 bridgehead atoms. The van der Waals surface area contributed by atoms with Crippen molar-refractivity contribution in [3.05, 3.63) is 0 Å². The second kappa shape index (κ2) is 8.91. The Kier molecular flexibility index (Phi) is 8.33. The van der Waals surface area contributed by atoms with Crippen molar-refractivity contribution in [3.63, 3.8) is 0 Å². The Hall–Kier alpha value is 0.194. The highest BCUT2D eigenvalue weighted by atomic mass is 28.4. The van der Waals surface area contributed by atoms with Gasteiger partial charge >= 0.3 is 0 Å². The monoisotopic (exact) mass is 422 g/mol. The minimum atomic E-state index is -2.05. The van der Waals surface area contributed by atoms with Gasteiger partial charge in [-0.2, -0.15) is 0 Å². The first-order valence-electron chi connectivity index (χ1n) is 9.81. The summed E-state index contributed by atoms with van der Waals surface area (Å²) in [4.78, 5) is 0. The van der Waals surface area contributed by atoms with Crippen LogP contribution in [0.5, 0.6) is 0 Å². The molecule has 1 N–H and O–H groups in total. The van der Waals surface area contributed by atoms with Crippen LogP contribution in [0.25, 0.3) is 0 Å². The third-order valence-corrected chi connectivity index (χ3v) is 15.3. The fourth-order valence-corrected chi connectivity index (χ4v) is 4.56. The summed E-state index contributed by atoms with van der Waals surface area (Å²) in [6.45, 7) is 22.9. The van der Waals surface area contributed by atoms with E-state index in [0.29, 0.717) is 13.2 Å². The first-order chi connectivity index (χ1) is 12.0. The Labute approximate surface area is 168 Å². The molecule has 0 radical (unpaired) electrons. The Balaban J connectivity index is 2.97. The second-order valence-corrected chi connectivity index (χ2v) is 20.1. The molecule has 1 rings (SSSR count). The molecule has 1 aliphatic heterocycles. The van der Waals surface area contributed by atoms with Gasteiger partial charge in [0.05, 0.1) is 19.3 Å². The molecule has 1 fully saturated rings. The molecule has 162 valence electrons. The zero-order valence-electron chi connectivity index (χ0n) is 19.2. The summed E-state index contributed by atoms with van der Waals surface area (Å²) < 4.78 is 29.6. The minimum Gasteiger partial charge on any atom is -0.414 e. The van der Waals surface area contributed by atoms with E-state index in [9.17, 15) is 5.11 Å². The maximum Gasteiger partial charge on any atom is 0.209 e. The standard InChI is InChI=1S/C19H42O6Si2/c1-18(2,3)26(8,9)23-13-15(25-27(10,11)19(4,5)6)14-12-22-17(21-7)16(20)24-14/h14-17,20H,12-13H2,1-11H3/t14-,15+,16-,17+/m1/s1. The molecule has 1 saturated heterocycles. The molecule has 27 heavy (non-hydrogen) atoms. The predicted molar refractivity (Wildman–Crippen MR) is 113 cm³/mol. The lowest BCUT2D eigenvalue weighted by molar-refractivity contribution is -0.331. The quantitative estimate of drug-likeness (QED) is 0.623. The minimum absolute atomic E-state index is 0.0609. The Bertz CT molecular complexity index is 470. The maximum absolute atomic E-state index is 10.2. The highest BCUT2D eigenvalue weighted by molar-refractivity contribution is 6.74. The summed E-state index contributed by atoms with van der Waals surface area (Å²) in [5, 5.41) is 10.3. The van der Waals surface area contributed by atoms with Gasteiger partial charge in [0.25, 0.3) is 0 Å². The molecule has 0 amide bonds. The van der Waals surface area contributed by atoms with Crippen molar-refractivity contribution in [2.24, 2.45) is 0 Å². The molecular weight excluding hydrogens is 380 g/mol. The van der Waals surface area contributed by atoms with Crippen LogP contribution in [0.3, 0.4) is 0 Å². The van der Waals surface area contributed by atoms with Gasteiger partial charge in [0.2, 0.25) is 12.6 Å². The normalized spacial score (nSPS) is 26.9. The van der Waals surface area contributed by atoms with E-state index in [0.717, 1.165) is 0 Å². The molecule has 0 aliphatic carbocycles. The van der Waals surface area contributed by atoms with Gasteiger partial charge in [-0.05, 0) is 36.3 Å². The molecule has 8 heteroatoms. The molecule has 0 spiro atoms. The van der Waals surface area contributed by atoms with Crippen LogP contribution in [0.1, 0.15) is 41.5 Å². The van der Waals surface area contributed by atoms with E-state index in [1.807, 2.05) is 0 Å². The van der Waals surface area contributed by atoms with Gasteiger partial charge in [-0.15, -0.1) is 0 Å². The van der Waals surface area contributed by atoms with E-state index in [1.54, 1.807) is 0 Å². The molecule has 1 heterocycles. The number of hydrogen-bond acceptors (Lipinski definition) is 6.